The lowest BCUT2D eigenvalue weighted by molar-refractivity contribution is 0.302. The Labute approximate surface area is 216 Å². The van der Waals surface area contributed by atoms with Crippen molar-refractivity contribution in [3.8, 4) is 11.1 Å². The third kappa shape index (κ3) is 7.83. The van der Waals surface area contributed by atoms with Gasteiger partial charge in [0.15, 0.2) is 0 Å². The fraction of sp³-hybridized carbons (Fsp3) is 0.600. The van der Waals surface area contributed by atoms with Gasteiger partial charge in [-0.3, -0.25) is 0 Å². The molecule has 0 heteroatoms. The third-order valence-corrected chi connectivity index (χ3v) is 9.00. The van der Waals surface area contributed by atoms with Gasteiger partial charge in [0.2, 0.25) is 0 Å². The van der Waals surface area contributed by atoms with Gasteiger partial charge >= 0.3 is 0 Å². The number of unbranched alkanes of at least 4 members (excludes halogenated alkanes) is 5. The molecule has 1 saturated carbocycles. The lowest BCUT2D eigenvalue weighted by Crippen LogP contribution is -2.13. The molecule has 1 atom stereocenters. The van der Waals surface area contributed by atoms with Crippen LogP contribution in [0, 0.1) is 11.8 Å². The fourth-order valence-electron chi connectivity index (χ4n) is 6.64. The van der Waals surface area contributed by atoms with Gasteiger partial charge < -0.3 is 0 Å². The van der Waals surface area contributed by atoms with E-state index < -0.39 is 0 Å². The summed E-state index contributed by atoms with van der Waals surface area (Å²) in [4.78, 5) is 0. The molecule has 0 aromatic heterocycles. The van der Waals surface area contributed by atoms with Crippen molar-refractivity contribution in [3.05, 3.63) is 65.7 Å². The second kappa shape index (κ2) is 14.1. The molecule has 0 saturated heterocycles. The van der Waals surface area contributed by atoms with E-state index in [4.69, 9.17) is 0 Å². The molecule has 0 heterocycles. The highest BCUT2D eigenvalue weighted by atomic mass is 14.3. The lowest BCUT2D eigenvalue weighted by atomic mass is 9.77. The minimum atomic E-state index is 0.780. The molecule has 35 heavy (non-hydrogen) atoms. The van der Waals surface area contributed by atoms with Gasteiger partial charge in [0, 0.05) is 0 Å². The molecule has 0 amide bonds. The Morgan fingerprint density at radius 3 is 1.83 bits per heavy atom. The molecular weight excluding hydrogens is 420 g/mol. The zero-order chi connectivity index (χ0) is 24.3. The van der Waals surface area contributed by atoms with Crippen LogP contribution >= 0.6 is 0 Å². The standard InChI is InChI=1S/C35H50/c1-3-5-6-7-8-9-11-29-14-18-31(19-15-29)33-22-26-35(27-23-33)34-24-20-32(21-25-34)30-16-12-28(10-4-2)13-17-30/h16,20-29,31H,3-15,17-19H2,1-2H3/t28?,29-,31-. The van der Waals surface area contributed by atoms with Crippen molar-refractivity contribution in [3.63, 3.8) is 0 Å². The van der Waals surface area contributed by atoms with Gasteiger partial charge in [0.1, 0.15) is 0 Å². The summed E-state index contributed by atoms with van der Waals surface area (Å²) in [5.74, 6) is 2.69. The highest BCUT2D eigenvalue weighted by Crippen LogP contribution is 2.38. The van der Waals surface area contributed by atoms with Crippen molar-refractivity contribution in [2.24, 2.45) is 11.8 Å². The van der Waals surface area contributed by atoms with E-state index in [1.54, 1.807) is 11.1 Å². The predicted molar refractivity (Wildman–Crippen MR) is 155 cm³/mol. The van der Waals surface area contributed by atoms with Crippen molar-refractivity contribution in [1.82, 2.24) is 0 Å². The summed E-state index contributed by atoms with van der Waals surface area (Å²) in [6, 6.07) is 18.9. The zero-order valence-corrected chi connectivity index (χ0v) is 22.7. The maximum absolute atomic E-state index is 2.51. The third-order valence-electron chi connectivity index (χ3n) is 9.00. The average molecular weight is 471 g/mol. The molecule has 2 aromatic carbocycles. The van der Waals surface area contributed by atoms with E-state index in [-0.39, 0.29) is 0 Å². The fourth-order valence-corrected chi connectivity index (χ4v) is 6.64. The Bertz CT molecular complexity index is 877. The highest BCUT2D eigenvalue weighted by molar-refractivity contribution is 5.71. The first kappa shape index (κ1) is 26.2. The maximum Gasteiger partial charge on any atom is -0.0162 e. The molecule has 2 aliphatic rings. The minimum Gasteiger partial charge on any atom is -0.0804 e. The molecule has 0 spiro atoms. The summed E-state index contributed by atoms with van der Waals surface area (Å²) in [6.45, 7) is 4.62. The van der Waals surface area contributed by atoms with E-state index in [0.29, 0.717) is 0 Å². The first-order chi connectivity index (χ1) is 17.3. The molecule has 1 unspecified atom stereocenters. The van der Waals surface area contributed by atoms with Gasteiger partial charge in [-0.15, -0.1) is 0 Å². The maximum atomic E-state index is 2.51. The second-order valence-corrected chi connectivity index (χ2v) is 11.6. The molecule has 4 rings (SSSR count). The summed E-state index contributed by atoms with van der Waals surface area (Å²) in [7, 11) is 0. The van der Waals surface area contributed by atoms with Crippen LogP contribution in [0.1, 0.15) is 134 Å². The van der Waals surface area contributed by atoms with Gasteiger partial charge in [-0.25, -0.2) is 0 Å². The smallest absolute Gasteiger partial charge is 0.0162 e. The molecule has 0 bridgehead atoms. The summed E-state index contributed by atoms with van der Waals surface area (Å²) in [5.41, 5.74) is 7.27. The largest absolute Gasteiger partial charge is 0.0804 e. The number of benzene rings is 2. The zero-order valence-electron chi connectivity index (χ0n) is 22.7. The normalized spacial score (nSPS) is 22.7. The molecule has 0 N–H and O–H groups in total. The lowest BCUT2D eigenvalue weighted by Gasteiger charge is -2.29. The molecule has 190 valence electrons. The van der Waals surface area contributed by atoms with E-state index in [1.807, 2.05) is 0 Å². The number of rotatable bonds is 12. The highest BCUT2D eigenvalue weighted by Gasteiger charge is 2.22. The van der Waals surface area contributed by atoms with Gasteiger partial charge in [-0.05, 0) is 90.5 Å². The Morgan fingerprint density at radius 1 is 0.571 bits per heavy atom. The Hall–Kier alpha value is -1.82. The van der Waals surface area contributed by atoms with Crippen LogP contribution in [0.15, 0.2) is 54.6 Å². The molecule has 1 fully saturated rings. The molecular formula is C35H50. The van der Waals surface area contributed by atoms with Crippen LogP contribution in [0.2, 0.25) is 0 Å². The summed E-state index contributed by atoms with van der Waals surface area (Å²) < 4.78 is 0. The van der Waals surface area contributed by atoms with Crippen molar-refractivity contribution in [2.75, 3.05) is 0 Å². The number of allylic oxidation sites excluding steroid dienone is 2. The van der Waals surface area contributed by atoms with Crippen LogP contribution in [-0.2, 0) is 0 Å². The summed E-state index contributed by atoms with van der Waals surface area (Å²) >= 11 is 0. The topological polar surface area (TPSA) is 0 Å². The van der Waals surface area contributed by atoms with Crippen LogP contribution < -0.4 is 0 Å². The van der Waals surface area contributed by atoms with E-state index in [9.17, 15) is 0 Å². The van der Waals surface area contributed by atoms with Gasteiger partial charge in [-0.2, -0.15) is 0 Å². The number of hydrogen-bond donors (Lipinski definition) is 0. The average Bonchev–Trinajstić information content (AvgIpc) is 2.92. The van der Waals surface area contributed by atoms with Crippen molar-refractivity contribution in [2.45, 2.75) is 122 Å². The van der Waals surface area contributed by atoms with Crippen LogP contribution in [0.3, 0.4) is 0 Å². The molecule has 0 nitrogen and oxygen atoms in total. The number of hydrogen-bond acceptors (Lipinski definition) is 0. The van der Waals surface area contributed by atoms with E-state index in [2.05, 4.69) is 68.5 Å². The van der Waals surface area contributed by atoms with E-state index in [0.717, 1.165) is 17.8 Å². The molecule has 2 aliphatic carbocycles. The first-order valence-corrected chi connectivity index (χ1v) is 15.2. The SMILES string of the molecule is CCCCCCCC[C@H]1CC[C@H](c2ccc(-c3ccc(C4=CCC(CCC)CC4)cc3)cc2)CC1. The molecule has 2 aromatic rings. The quantitative estimate of drug-likeness (QED) is 0.270. The van der Waals surface area contributed by atoms with Crippen LogP contribution in [0.25, 0.3) is 16.7 Å². The van der Waals surface area contributed by atoms with Crippen LogP contribution in [0.5, 0.6) is 0 Å². The first-order valence-electron chi connectivity index (χ1n) is 15.2. The Balaban J connectivity index is 1.23. The van der Waals surface area contributed by atoms with Crippen LogP contribution in [-0.4, -0.2) is 0 Å². The molecule has 0 aliphatic heterocycles. The Kier molecular flexibility index (Phi) is 10.5. The van der Waals surface area contributed by atoms with Gasteiger partial charge in [0.25, 0.3) is 0 Å². The van der Waals surface area contributed by atoms with Crippen molar-refractivity contribution in [1.29, 1.82) is 0 Å². The van der Waals surface area contributed by atoms with Crippen molar-refractivity contribution >= 4 is 5.57 Å². The second-order valence-electron chi connectivity index (χ2n) is 11.6. The van der Waals surface area contributed by atoms with E-state index in [1.165, 1.54) is 119 Å². The van der Waals surface area contributed by atoms with Gasteiger partial charge in [-0.1, -0.05) is 126 Å². The monoisotopic (exact) mass is 470 g/mol. The van der Waals surface area contributed by atoms with E-state index >= 15 is 0 Å². The minimum absolute atomic E-state index is 0.780. The van der Waals surface area contributed by atoms with Crippen LogP contribution in [0.4, 0.5) is 0 Å². The summed E-state index contributed by atoms with van der Waals surface area (Å²) in [5, 5.41) is 0. The van der Waals surface area contributed by atoms with Crippen molar-refractivity contribution < 1.29 is 0 Å². The predicted octanol–water partition coefficient (Wildman–Crippen LogP) is 11.4. The molecule has 0 radical (unpaired) electrons. The summed E-state index contributed by atoms with van der Waals surface area (Å²) in [6.07, 6.45) is 24.8. The Morgan fingerprint density at radius 2 is 1.20 bits per heavy atom. The van der Waals surface area contributed by atoms with Gasteiger partial charge in [0.05, 0.1) is 0 Å².